The lowest BCUT2D eigenvalue weighted by Crippen LogP contribution is -2.48. The minimum atomic E-state index is 0.129. The number of benzene rings is 2. The maximum atomic E-state index is 12.6. The molecule has 4 nitrogen and oxygen atoms in total. The van der Waals surface area contributed by atoms with E-state index in [-0.39, 0.29) is 12.0 Å². The molecule has 1 fully saturated rings. The van der Waals surface area contributed by atoms with Crippen LogP contribution in [0.3, 0.4) is 0 Å². The van der Waals surface area contributed by atoms with E-state index >= 15 is 0 Å². The zero-order valence-electron chi connectivity index (χ0n) is 15.2. The highest BCUT2D eigenvalue weighted by Gasteiger charge is 2.22. The Hall–Kier alpha value is -2.49. The number of anilines is 1. The summed E-state index contributed by atoms with van der Waals surface area (Å²) in [6.45, 7) is 9.26. The third-order valence-corrected chi connectivity index (χ3v) is 4.41. The monoisotopic (exact) mass is 338 g/mol. The molecule has 0 N–H and O–H groups in total. The molecule has 25 heavy (non-hydrogen) atoms. The molecule has 0 radical (unpaired) electrons. The first-order chi connectivity index (χ1) is 12.0. The number of hydrogen-bond acceptors (Lipinski definition) is 3. The largest absolute Gasteiger partial charge is 0.491 e. The minimum Gasteiger partial charge on any atom is -0.491 e. The summed E-state index contributed by atoms with van der Waals surface area (Å²) in [4.78, 5) is 16.9. The van der Waals surface area contributed by atoms with Gasteiger partial charge in [0.25, 0.3) is 5.91 Å². The van der Waals surface area contributed by atoms with E-state index in [0.717, 1.165) is 43.1 Å². The van der Waals surface area contributed by atoms with Crippen molar-refractivity contribution in [1.29, 1.82) is 0 Å². The number of aryl methyl sites for hydroxylation is 1. The summed E-state index contributed by atoms with van der Waals surface area (Å²) in [6.07, 6.45) is 0.182. The van der Waals surface area contributed by atoms with Gasteiger partial charge in [0.05, 0.1) is 6.10 Å². The van der Waals surface area contributed by atoms with E-state index in [1.54, 1.807) is 0 Å². The fourth-order valence-electron chi connectivity index (χ4n) is 3.14. The van der Waals surface area contributed by atoms with Gasteiger partial charge in [0.2, 0.25) is 0 Å². The Morgan fingerprint density at radius 3 is 2.28 bits per heavy atom. The summed E-state index contributed by atoms with van der Waals surface area (Å²) in [6, 6.07) is 16.0. The molecule has 2 aromatic rings. The number of piperazine rings is 1. The van der Waals surface area contributed by atoms with Gasteiger partial charge in [-0.1, -0.05) is 17.7 Å². The number of carbonyl (C=O) groups excluding carboxylic acids is 1. The molecule has 0 saturated carbocycles. The van der Waals surface area contributed by atoms with Crippen molar-refractivity contribution in [3.05, 3.63) is 59.7 Å². The molecule has 0 spiro atoms. The van der Waals surface area contributed by atoms with Crippen LogP contribution in [0.2, 0.25) is 0 Å². The quantitative estimate of drug-likeness (QED) is 0.851. The van der Waals surface area contributed by atoms with Crippen molar-refractivity contribution in [1.82, 2.24) is 4.90 Å². The van der Waals surface area contributed by atoms with Gasteiger partial charge >= 0.3 is 0 Å². The second kappa shape index (κ2) is 7.60. The SMILES string of the molecule is Cc1cccc(C(=O)N2CCN(c3ccc(OC(C)C)cc3)CC2)c1. The van der Waals surface area contributed by atoms with Crippen LogP contribution in [-0.2, 0) is 0 Å². The van der Waals surface area contributed by atoms with Gasteiger partial charge in [-0.05, 0) is 57.2 Å². The highest BCUT2D eigenvalue weighted by Crippen LogP contribution is 2.22. The van der Waals surface area contributed by atoms with Crippen molar-refractivity contribution in [3.63, 3.8) is 0 Å². The molecule has 0 aromatic heterocycles. The first-order valence-electron chi connectivity index (χ1n) is 8.90. The van der Waals surface area contributed by atoms with Crippen LogP contribution in [0.4, 0.5) is 5.69 Å². The van der Waals surface area contributed by atoms with Crippen LogP contribution in [0.25, 0.3) is 0 Å². The Morgan fingerprint density at radius 2 is 1.68 bits per heavy atom. The minimum absolute atomic E-state index is 0.129. The number of carbonyl (C=O) groups is 1. The van der Waals surface area contributed by atoms with E-state index in [1.807, 2.05) is 62.1 Å². The number of amides is 1. The second-order valence-corrected chi connectivity index (χ2v) is 6.81. The predicted molar refractivity (Wildman–Crippen MR) is 102 cm³/mol. The molecule has 132 valence electrons. The summed E-state index contributed by atoms with van der Waals surface area (Å²) in [5.41, 5.74) is 3.08. The van der Waals surface area contributed by atoms with Crippen molar-refractivity contribution in [2.24, 2.45) is 0 Å². The molecule has 1 amide bonds. The first-order valence-corrected chi connectivity index (χ1v) is 8.90. The standard InChI is InChI=1S/C21H26N2O2/c1-16(2)25-20-9-7-19(8-10-20)22-11-13-23(14-12-22)21(24)18-6-4-5-17(3)15-18/h4-10,15-16H,11-14H2,1-3H3. The van der Waals surface area contributed by atoms with E-state index in [1.165, 1.54) is 5.69 Å². The molecule has 4 heteroatoms. The fraction of sp³-hybridized carbons (Fsp3) is 0.381. The average Bonchev–Trinajstić information content (AvgIpc) is 2.61. The molecule has 0 bridgehead atoms. The molecule has 1 aliphatic rings. The molecule has 2 aromatic carbocycles. The normalized spacial score (nSPS) is 14.7. The molecule has 0 unspecified atom stereocenters. The predicted octanol–water partition coefficient (Wildman–Crippen LogP) is 3.74. The van der Waals surface area contributed by atoms with E-state index in [9.17, 15) is 4.79 Å². The maximum Gasteiger partial charge on any atom is 0.253 e. The summed E-state index contributed by atoms with van der Waals surface area (Å²) in [7, 11) is 0. The number of ether oxygens (including phenoxy) is 1. The number of rotatable bonds is 4. The average molecular weight is 338 g/mol. The second-order valence-electron chi connectivity index (χ2n) is 6.81. The molecule has 1 aliphatic heterocycles. The highest BCUT2D eigenvalue weighted by molar-refractivity contribution is 5.94. The van der Waals surface area contributed by atoms with Gasteiger partial charge in [-0.15, -0.1) is 0 Å². The lowest BCUT2D eigenvalue weighted by atomic mass is 10.1. The van der Waals surface area contributed by atoms with Gasteiger partial charge < -0.3 is 14.5 Å². The van der Waals surface area contributed by atoms with Crippen molar-refractivity contribution in [3.8, 4) is 5.75 Å². The Bertz CT molecular complexity index is 717. The van der Waals surface area contributed by atoms with Crippen LogP contribution >= 0.6 is 0 Å². The fourth-order valence-corrected chi connectivity index (χ4v) is 3.14. The van der Waals surface area contributed by atoms with Crippen LogP contribution in [-0.4, -0.2) is 43.1 Å². The van der Waals surface area contributed by atoms with E-state index < -0.39 is 0 Å². The van der Waals surface area contributed by atoms with Crippen LogP contribution in [0.15, 0.2) is 48.5 Å². The molecule has 1 heterocycles. The molecule has 0 aliphatic carbocycles. The van der Waals surface area contributed by atoms with Crippen LogP contribution in [0.5, 0.6) is 5.75 Å². The van der Waals surface area contributed by atoms with E-state index in [2.05, 4.69) is 17.0 Å². The smallest absolute Gasteiger partial charge is 0.253 e. The van der Waals surface area contributed by atoms with Gasteiger partial charge in [-0.2, -0.15) is 0 Å². The summed E-state index contributed by atoms with van der Waals surface area (Å²) >= 11 is 0. The van der Waals surface area contributed by atoms with Crippen LogP contribution in [0, 0.1) is 6.92 Å². The Morgan fingerprint density at radius 1 is 1.00 bits per heavy atom. The Labute approximate surface area is 150 Å². The number of nitrogens with zero attached hydrogens (tertiary/aromatic N) is 2. The Balaban J connectivity index is 1.59. The third kappa shape index (κ3) is 4.32. The van der Waals surface area contributed by atoms with E-state index in [4.69, 9.17) is 4.74 Å². The van der Waals surface area contributed by atoms with Crippen molar-refractivity contribution in [2.45, 2.75) is 26.9 Å². The zero-order valence-corrected chi connectivity index (χ0v) is 15.2. The van der Waals surface area contributed by atoms with Gasteiger partial charge in [0.15, 0.2) is 0 Å². The zero-order chi connectivity index (χ0) is 17.8. The lowest BCUT2D eigenvalue weighted by Gasteiger charge is -2.36. The van der Waals surface area contributed by atoms with Gasteiger partial charge in [0.1, 0.15) is 5.75 Å². The summed E-state index contributed by atoms with van der Waals surface area (Å²) in [5.74, 6) is 1.02. The molecular weight excluding hydrogens is 312 g/mol. The first kappa shape index (κ1) is 17.3. The third-order valence-electron chi connectivity index (χ3n) is 4.41. The Kier molecular flexibility index (Phi) is 5.27. The van der Waals surface area contributed by atoms with Gasteiger partial charge in [0, 0.05) is 37.4 Å². The highest BCUT2D eigenvalue weighted by atomic mass is 16.5. The number of hydrogen-bond donors (Lipinski definition) is 0. The van der Waals surface area contributed by atoms with Gasteiger partial charge in [-0.3, -0.25) is 4.79 Å². The van der Waals surface area contributed by atoms with E-state index in [0.29, 0.717) is 0 Å². The molecule has 1 saturated heterocycles. The topological polar surface area (TPSA) is 32.8 Å². The lowest BCUT2D eigenvalue weighted by molar-refractivity contribution is 0.0746. The van der Waals surface area contributed by atoms with Crippen LogP contribution < -0.4 is 9.64 Å². The van der Waals surface area contributed by atoms with Crippen molar-refractivity contribution in [2.75, 3.05) is 31.1 Å². The van der Waals surface area contributed by atoms with Crippen molar-refractivity contribution < 1.29 is 9.53 Å². The van der Waals surface area contributed by atoms with Crippen molar-refractivity contribution >= 4 is 11.6 Å². The molecule has 3 rings (SSSR count). The summed E-state index contributed by atoms with van der Waals surface area (Å²) < 4.78 is 5.69. The maximum absolute atomic E-state index is 12.6. The molecule has 0 atom stereocenters. The van der Waals surface area contributed by atoms with Crippen LogP contribution in [0.1, 0.15) is 29.8 Å². The van der Waals surface area contributed by atoms with Gasteiger partial charge in [-0.25, -0.2) is 0 Å². The molecular formula is C21H26N2O2. The summed E-state index contributed by atoms with van der Waals surface area (Å²) in [5, 5.41) is 0.